The third-order valence-electron chi connectivity index (χ3n) is 2.19. The molecule has 7 nitrogen and oxygen atoms in total. The summed E-state index contributed by atoms with van der Waals surface area (Å²) in [4.78, 5) is 22.1. The SMILES string of the molecule is COc1ccc(C(=O)N(O)CCNC(N)=O)cc1. The first kappa shape index (κ1) is 13.8. The van der Waals surface area contributed by atoms with Crippen LogP contribution in [-0.4, -0.2) is 42.4 Å². The van der Waals surface area contributed by atoms with Gasteiger partial charge in [-0.15, -0.1) is 0 Å². The van der Waals surface area contributed by atoms with Crippen LogP contribution in [-0.2, 0) is 0 Å². The smallest absolute Gasteiger partial charge is 0.312 e. The number of amides is 3. The summed E-state index contributed by atoms with van der Waals surface area (Å²) in [6.07, 6.45) is 0. The number of urea groups is 1. The first-order valence-corrected chi connectivity index (χ1v) is 5.22. The minimum Gasteiger partial charge on any atom is -0.497 e. The predicted octanol–water partition coefficient (Wildman–Crippen LogP) is 0.195. The Labute approximate surface area is 104 Å². The summed E-state index contributed by atoms with van der Waals surface area (Å²) in [5.74, 6) is 0.0513. The van der Waals surface area contributed by atoms with Crippen LogP contribution in [0.1, 0.15) is 10.4 Å². The van der Waals surface area contributed by atoms with Crippen LogP contribution in [0.25, 0.3) is 0 Å². The number of primary amides is 1. The molecule has 0 aliphatic heterocycles. The number of carbonyl (C=O) groups is 2. The maximum absolute atomic E-state index is 11.7. The first-order chi connectivity index (χ1) is 8.54. The molecule has 0 fully saturated rings. The predicted molar refractivity (Wildman–Crippen MR) is 63.4 cm³/mol. The van der Waals surface area contributed by atoms with Crippen LogP contribution >= 0.6 is 0 Å². The molecule has 0 saturated carbocycles. The highest BCUT2D eigenvalue weighted by molar-refractivity contribution is 5.93. The van der Waals surface area contributed by atoms with Crippen LogP contribution in [0.4, 0.5) is 4.79 Å². The Hall–Kier alpha value is -2.28. The van der Waals surface area contributed by atoms with Gasteiger partial charge in [-0.3, -0.25) is 10.0 Å². The standard InChI is InChI=1S/C11H15N3O4/c1-18-9-4-2-8(3-5-9)10(15)14(17)7-6-13-11(12)16/h2-5,17H,6-7H2,1H3,(H3,12,13,16). The van der Waals surface area contributed by atoms with Gasteiger partial charge in [-0.05, 0) is 24.3 Å². The van der Waals surface area contributed by atoms with E-state index in [-0.39, 0.29) is 13.1 Å². The molecule has 1 aromatic carbocycles. The average Bonchev–Trinajstić information content (AvgIpc) is 2.37. The molecule has 98 valence electrons. The van der Waals surface area contributed by atoms with Gasteiger partial charge < -0.3 is 15.8 Å². The molecule has 3 amide bonds. The molecular formula is C11H15N3O4. The molecule has 0 atom stereocenters. The maximum atomic E-state index is 11.7. The molecule has 1 rings (SSSR count). The molecule has 1 aromatic rings. The lowest BCUT2D eigenvalue weighted by Crippen LogP contribution is -2.38. The van der Waals surface area contributed by atoms with Gasteiger partial charge in [0.1, 0.15) is 5.75 Å². The number of ether oxygens (including phenoxy) is 1. The van der Waals surface area contributed by atoms with Gasteiger partial charge in [0.05, 0.1) is 13.7 Å². The molecule has 0 aliphatic carbocycles. The van der Waals surface area contributed by atoms with Crippen LogP contribution in [0, 0.1) is 0 Å². The van der Waals surface area contributed by atoms with Crippen molar-refractivity contribution in [2.45, 2.75) is 0 Å². The van der Waals surface area contributed by atoms with E-state index >= 15 is 0 Å². The van der Waals surface area contributed by atoms with Gasteiger partial charge in [0, 0.05) is 12.1 Å². The van der Waals surface area contributed by atoms with Crippen molar-refractivity contribution < 1.29 is 19.5 Å². The molecule has 0 aromatic heterocycles. The van der Waals surface area contributed by atoms with E-state index < -0.39 is 11.9 Å². The molecule has 0 bridgehead atoms. The Morgan fingerprint density at radius 3 is 2.50 bits per heavy atom. The number of hydrogen-bond acceptors (Lipinski definition) is 4. The maximum Gasteiger partial charge on any atom is 0.312 e. The van der Waals surface area contributed by atoms with Gasteiger partial charge in [0.2, 0.25) is 0 Å². The number of rotatable bonds is 5. The molecule has 0 aliphatic rings. The molecule has 7 heteroatoms. The van der Waals surface area contributed by atoms with Crippen LogP contribution < -0.4 is 15.8 Å². The van der Waals surface area contributed by atoms with E-state index in [9.17, 15) is 14.8 Å². The van der Waals surface area contributed by atoms with Crippen LogP contribution in [0.3, 0.4) is 0 Å². The van der Waals surface area contributed by atoms with Crippen LogP contribution in [0.15, 0.2) is 24.3 Å². The number of nitrogens with zero attached hydrogens (tertiary/aromatic N) is 1. The lowest BCUT2D eigenvalue weighted by Gasteiger charge is -2.15. The van der Waals surface area contributed by atoms with Crippen molar-refractivity contribution in [3.8, 4) is 5.75 Å². The largest absolute Gasteiger partial charge is 0.497 e. The van der Waals surface area contributed by atoms with Crippen molar-refractivity contribution in [2.75, 3.05) is 20.2 Å². The Morgan fingerprint density at radius 2 is 2.00 bits per heavy atom. The van der Waals surface area contributed by atoms with Crippen molar-refractivity contribution in [3.05, 3.63) is 29.8 Å². The fourth-order valence-corrected chi connectivity index (χ4v) is 1.27. The summed E-state index contributed by atoms with van der Waals surface area (Å²) >= 11 is 0. The average molecular weight is 253 g/mol. The van der Waals surface area contributed by atoms with Crippen molar-refractivity contribution in [1.82, 2.24) is 10.4 Å². The van der Waals surface area contributed by atoms with Crippen LogP contribution in [0.5, 0.6) is 5.75 Å². The summed E-state index contributed by atoms with van der Waals surface area (Å²) in [5, 5.41) is 12.2. The molecule has 18 heavy (non-hydrogen) atoms. The van der Waals surface area contributed by atoms with Crippen molar-refractivity contribution in [2.24, 2.45) is 5.73 Å². The number of methoxy groups -OCH3 is 1. The van der Waals surface area contributed by atoms with E-state index in [4.69, 9.17) is 10.5 Å². The Kier molecular flexibility index (Phi) is 4.94. The Morgan fingerprint density at radius 1 is 1.39 bits per heavy atom. The number of nitrogens with two attached hydrogens (primary N) is 1. The van der Waals surface area contributed by atoms with Gasteiger partial charge in [-0.2, -0.15) is 0 Å². The summed E-state index contributed by atoms with van der Waals surface area (Å²) in [7, 11) is 1.52. The zero-order chi connectivity index (χ0) is 13.5. The van der Waals surface area contributed by atoms with Crippen molar-refractivity contribution in [1.29, 1.82) is 0 Å². The zero-order valence-electron chi connectivity index (χ0n) is 9.92. The van der Waals surface area contributed by atoms with Crippen molar-refractivity contribution in [3.63, 3.8) is 0 Å². The van der Waals surface area contributed by atoms with Gasteiger partial charge >= 0.3 is 6.03 Å². The number of hydrogen-bond donors (Lipinski definition) is 3. The first-order valence-electron chi connectivity index (χ1n) is 5.22. The third kappa shape index (κ3) is 3.95. The van der Waals surface area contributed by atoms with Gasteiger partial charge in [0.15, 0.2) is 0 Å². The van der Waals surface area contributed by atoms with Crippen LogP contribution in [0.2, 0.25) is 0 Å². The third-order valence-corrected chi connectivity index (χ3v) is 2.19. The highest BCUT2D eigenvalue weighted by Gasteiger charge is 2.13. The lowest BCUT2D eigenvalue weighted by atomic mass is 10.2. The quantitative estimate of drug-likeness (QED) is 0.514. The zero-order valence-corrected chi connectivity index (χ0v) is 9.92. The molecule has 0 heterocycles. The second kappa shape index (κ2) is 6.45. The highest BCUT2D eigenvalue weighted by Crippen LogP contribution is 2.12. The monoisotopic (exact) mass is 253 g/mol. The number of nitrogens with one attached hydrogen (secondary N) is 1. The van der Waals surface area contributed by atoms with E-state index in [2.05, 4.69) is 5.32 Å². The highest BCUT2D eigenvalue weighted by atomic mass is 16.5. The number of carbonyl (C=O) groups excluding carboxylic acids is 2. The van der Waals surface area contributed by atoms with E-state index in [0.29, 0.717) is 16.4 Å². The van der Waals surface area contributed by atoms with E-state index in [1.54, 1.807) is 12.1 Å². The van der Waals surface area contributed by atoms with E-state index in [1.165, 1.54) is 19.2 Å². The fourth-order valence-electron chi connectivity index (χ4n) is 1.27. The van der Waals surface area contributed by atoms with Gasteiger partial charge in [0.25, 0.3) is 5.91 Å². The summed E-state index contributed by atoms with van der Waals surface area (Å²) in [6, 6.07) is 5.59. The minimum atomic E-state index is -0.708. The molecule has 4 N–H and O–H groups in total. The molecule has 0 unspecified atom stereocenters. The lowest BCUT2D eigenvalue weighted by molar-refractivity contribution is -0.0564. The summed E-state index contributed by atoms with van der Waals surface area (Å²) in [5.41, 5.74) is 5.17. The number of hydroxylamine groups is 2. The van der Waals surface area contributed by atoms with Gasteiger partial charge in [-0.1, -0.05) is 0 Å². The molecule has 0 spiro atoms. The summed E-state index contributed by atoms with van der Waals surface area (Å²) < 4.78 is 4.95. The van der Waals surface area contributed by atoms with Gasteiger partial charge in [-0.25, -0.2) is 9.86 Å². The topological polar surface area (TPSA) is 105 Å². The second-order valence-electron chi connectivity index (χ2n) is 3.45. The Balaban J connectivity index is 2.54. The molecule has 0 saturated heterocycles. The Bertz CT molecular complexity index is 419. The molecule has 0 radical (unpaired) electrons. The minimum absolute atomic E-state index is 0.0478. The number of benzene rings is 1. The molecular weight excluding hydrogens is 238 g/mol. The fraction of sp³-hybridized carbons (Fsp3) is 0.273. The van der Waals surface area contributed by atoms with E-state index in [0.717, 1.165) is 0 Å². The van der Waals surface area contributed by atoms with Crippen molar-refractivity contribution >= 4 is 11.9 Å². The second-order valence-corrected chi connectivity index (χ2v) is 3.45. The normalized spacial score (nSPS) is 9.67. The summed E-state index contributed by atoms with van der Waals surface area (Å²) in [6.45, 7) is 0.0293. The van der Waals surface area contributed by atoms with E-state index in [1.807, 2.05) is 0 Å².